The van der Waals surface area contributed by atoms with Gasteiger partial charge in [0.05, 0.1) is 27.4 Å². The molecule has 1 aromatic heterocycles. The van der Waals surface area contributed by atoms with Crippen molar-refractivity contribution in [3.8, 4) is 17.2 Å². The van der Waals surface area contributed by atoms with Crippen molar-refractivity contribution in [1.82, 2.24) is 10.3 Å². The van der Waals surface area contributed by atoms with Gasteiger partial charge in [-0.05, 0) is 54.2 Å². The number of hydrogen-bond donors (Lipinski definition) is 1. The molecule has 1 saturated heterocycles. The number of rotatable bonds is 8. The van der Waals surface area contributed by atoms with Crippen molar-refractivity contribution in [3.63, 3.8) is 0 Å². The Labute approximate surface area is 177 Å². The molecule has 1 atom stereocenters. The Morgan fingerprint density at radius 1 is 1.17 bits per heavy atom. The first-order valence-corrected chi connectivity index (χ1v) is 9.92. The van der Waals surface area contributed by atoms with E-state index in [1.54, 1.807) is 45.7 Å². The first kappa shape index (κ1) is 21.6. The topological polar surface area (TPSA) is 78.9 Å². The molecule has 7 heteroatoms. The average Bonchev–Trinajstić information content (AvgIpc) is 2.81. The molecule has 1 aliphatic heterocycles. The molecule has 1 amide bonds. The van der Waals surface area contributed by atoms with Crippen LogP contribution in [0.2, 0.25) is 0 Å². The smallest absolute Gasteiger partial charge is 0.244 e. The van der Waals surface area contributed by atoms with Crippen LogP contribution < -0.4 is 19.5 Å². The molecule has 0 saturated carbocycles. The van der Waals surface area contributed by atoms with Crippen molar-refractivity contribution in [2.24, 2.45) is 5.92 Å². The lowest BCUT2D eigenvalue weighted by atomic mass is 9.87. The predicted molar refractivity (Wildman–Crippen MR) is 114 cm³/mol. The maximum atomic E-state index is 12.7. The molecule has 0 aliphatic carbocycles. The lowest BCUT2D eigenvalue weighted by molar-refractivity contribution is -0.117. The second-order valence-corrected chi connectivity index (χ2v) is 7.01. The van der Waals surface area contributed by atoms with E-state index in [0.717, 1.165) is 24.0 Å². The third kappa shape index (κ3) is 5.30. The molecule has 0 bridgehead atoms. The van der Waals surface area contributed by atoms with Crippen LogP contribution in [0.3, 0.4) is 0 Å². The fraction of sp³-hybridized carbons (Fsp3) is 0.391. The van der Waals surface area contributed by atoms with Gasteiger partial charge < -0.3 is 24.3 Å². The van der Waals surface area contributed by atoms with E-state index >= 15 is 0 Å². The van der Waals surface area contributed by atoms with E-state index in [9.17, 15) is 4.79 Å². The average molecular weight is 412 g/mol. The van der Waals surface area contributed by atoms with Gasteiger partial charge in [0.1, 0.15) is 0 Å². The molecule has 1 unspecified atom stereocenters. The quantitative estimate of drug-likeness (QED) is 0.670. The van der Waals surface area contributed by atoms with Crippen LogP contribution >= 0.6 is 0 Å². The van der Waals surface area contributed by atoms with E-state index in [4.69, 9.17) is 18.9 Å². The maximum absolute atomic E-state index is 12.7. The number of benzene rings is 1. The van der Waals surface area contributed by atoms with E-state index in [0.29, 0.717) is 36.4 Å². The summed E-state index contributed by atoms with van der Waals surface area (Å²) in [7, 11) is 4.67. The van der Waals surface area contributed by atoms with E-state index in [1.807, 2.05) is 18.3 Å². The van der Waals surface area contributed by atoms with Gasteiger partial charge in [-0.15, -0.1) is 0 Å². The minimum absolute atomic E-state index is 0.111. The standard InChI is InChI=1S/C23H28N2O5/c1-27-19-13-16(14-20(28-2)23(19)29-3)6-7-21(26)25-22(17-8-11-30-12-9-17)18-5-4-10-24-15-18/h4-7,10,13-15,17,22H,8-9,11-12H2,1-3H3,(H,25,26)/b7-6+. The fourth-order valence-electron chi connectivity index (χ4n) is 3.65. The molecule has 1 aromatic carbocycles. The Morgan fingerprint density at radius 2 is 1.87 bits per heavy atom. The largest absolute Gasteiger partial charge is 0.493 e. The molecule has 3 rings (SSSR count). The van der Waals surface area contributed by atoms with Gasteiger partial charge in [-0.25, -0.2) is 0 Å². The second kappa shape index (κ2) is 10.6. The van der Waals surface area contributed by atoms with E-state index in [2.05, 4.69) is 10.3 Å². The van der Waals surface area contributed by atoms with Gasteiger partial charge in [-0.2, -0.15) is 0 Å². The lowest BCUT2D eigenvalue weighted by Crippen LogP contribution is -2.35. The summed E-state index contributed by atoms with van der Waals surface area (Å²) in [5, 5.41) is 3.14. The second-order valence-electron chi connectivity index (χ2n) is 7.01. The highest BCUT2D eigenvalue weighted by Gasteiger charge is 2.26. The lowest BCUT2D eigenvalue weighted by Gasteiger charge is -2.30. The van der Waals surface area contributed by atoms with Crippen molar-refractivity contribution >= 4 is 12.0 Å². The van der Waals surface area contributed by atoms with Crippen molar-refractivity contribution in [1.29, 1.82) is 0 Å². The van der Waals surface area contributed by atoms with Crippen molar-refractivity contribution in [2.75, 3.05) is 34.5 Å². The van der Waals surface area contributed by atoms with Crippen LogP contribution in [-0.4, -0.2) is 45.4 Å². The number of amides is 1. The summed E-state index contributed by atoms with van der Waals surface area (Å²) < 4.78 is 21.6. The molecule has 160 valence electrons. The number of pyridine rings is 1. The summed E-state index contributed by atoms with van der Waals surface area (Å²) in [5.41, 5.74) is 1.77. The van der Waals surface area contributed by atoms with Gasteiger partial charge in [0.2, 0.25) is 11.7 Å². The summed E-state index contributed by atoms with van der Waals surface area (Å²) in [6.07, 6.45) is 8.58. The SMILES string of the molecule is COc1cc(/C=C/C(=O)NC(c2cccnc2)C2CCOCC2)cc(OC)c1OC. The Bertz CT molecular complexity index is 838. The molecular formula is C23H28N2O5. The monoisotopic (exact) mass is 412 g/mol. The summed E-state index contributed by atoms with van der Waals surface area (Å²) >= 11 is 0. The predicted octanol–water partition coefficient (Wildman–Crippen LogP) is 3.40. The molecule has 2 aromatic rings. The number of aromatic nitrogens is 1. The molecular weight excluding hydrogens is 384 g/mol. The van der Waals surface area contributed by atoms with Crippen molar-refractivity contribution in [3.05, 3.63) is 53.9 Å². The molecule has 2 heterocycles. The van der Waals surface area contributed by atoms with Gasteiger partial charge in [0.15, 0.2) is 11.5 Å². The van der Waals surface area contributed by atoms with Gasteiger partial charge >= 0.3 is 0 Å². The minimum Gasteiger partial charge on any atom is -0.493 e. The molecule has 0 radical (unpaired) electrons. The number of methoxy groups -OCH3 is 3. The van der Waals surface area contributed by atoms with Crippen LogP contribution in [-0.2, 0) is 9.53 Å². The third-order valence-electron chi connectivity index (χ3n) is 5.19. The van der Waals surface area contributed by atoms with Gasteiger partial charge in [-0.3, -0.25) is 9.78 Å². The first-order chi connectivity index (χ1) is 14.7. The molecule has 1 N–H and O–H groups in total. The fourth-order valence-corrected chi connectivity index (χ4v) is 3.65. The van der Waals surface area contributed by atoms with E-state index < -0.39 is 0 Å². The summed E-state index contributed by atoms with van der Waals surface area (Å²) in [6, 6.07) is 7.36. The number of ether oxygens (including phenoxy) is 4. The molecule has 30 heavy (non-hydrogen) atoms. The number of carbonyl (C=O) groups excluding carboxylic acids is 1. The maximum Gasteiger partial charge on any atom is 0.244 e. The van der Waals surface area contributed by atoms with Gasteiger partial charge in [0.25, 0.3) is 0 Å². The molecule has 1 aliphatic rings. The Balaban J connectivity index is 1.77. The van der Waals surface area contributed by atoms with Crippen LogP contribution in [0.15, 0.2) is 42.7 Å². The summed E-state index contributed by atoms with van der Waals surface area (Å²) in [6.45, 7) is 1.41. The van der Waals surface area contributed by atoms with Crippen LogP contribution in [0.5, 0.6) is 17.2 Å². The molecule has 7 nitrogen and oxygen atoms in total. The zero-order chi connectivity index (χ0) is 21.3. The van der Waals surface area contributed by atoms with Crippen molar-refractivity contribution in [2.45, 2.75) is 18.9 Å². The normalized spacial score (nSPS) is 15.6. The number of carbonyl (C=O) groups is 1. The van der Waals surface area contributed by atoms with Crippen LogP contribution in [0.4, 0.5) is 0 Å². The highest BCUT2D eigenvalue weighted by Crippen LogP contribution is 2.38. The highest BCUT2D eigenvalue weighted by molar-refractivity contribution is 5.92. The Kier molecular flexibility index (Phi) is 7.68. The Morgan fingerprint density at radius 3 is 2.43 bits per heavy atom. The highest BCUT2D eigenvalue weighted by atomic mass is 16.5. The van der Waals surface area contributed by atoms with E-state index in [1.165, 1.54) is 6.08 Å². The number of nitrogens with one attached hydrogen (secondary N) is 1. The summed E-state index contributed by atoms with van der Waals surface area (Å²) in [4.78, 5) is 17.0. The molecule has 0 spiro atoms. The van der Waals surface area contributed by atoms with Crippen LogP contribution in [0.1, 0.15) is 30.0 Å². The van der Waals surface area contributed by atoms with Crippen molar-refractivity contribution < 1.29 is 23.7 Å². The number of hydrogen-bond acceptors (Lipinski definition) is 6. The van der Waals surface area contributed by atoms with Gasteiger partial charge in [-0.1, -0.05) is 6.07 Å². The van der Waals surface area contributed by atoms with Gasteiger partial charge in [0, 0.05) is 31.7 Å². The zero-order valence-electron chi connectivity index (χ0n) is 17.6. The summed E-state index contributed by atoms with van der Waals surface area (Å²) in [5.74, 6) is 1.71. The third-order valence-corrected chi connectivity index (χ3v) is 5.19. The van der Waals surface area contributed by atoms with Crippen LogP contribution in [0, 0.1) is 5.92 Å². The zero-order valence-corrected chi connectivity index (χ0v) is 17.6. The van der Waals surface area contributed by atoms with Crippen LogP contribution in [0.25, 0.3) is 6.08 Å². The minimum atomic E-state index is -0.177. The molecule has 1 fully saturated rings. The Hall–Kier alpha value is -3.06. The first-order valence-electron chi connectivity index (χ1n) is 9.92. The van der Waals surface area contributed by atoms with E-state index in [-0.39, 0.29) is 11.9 Å². The number of nitrogens with zero attached hydrogens (tertiary/aromatic N) is 1.